The summed E-state index contributed by atoms with van der Waals surface area (Å²) in [6.07, 6.45) is 1.68. The number of rotatable bonds is 6. The third-order valence-electron chi connectivity index (χ3n) is 5.10. The van der Waals surface area contributed by atoms with Gasteiger partial charge in [0.25, 0.3) is 0 Å². The van der Waals surface area contributed by atoms with Gasteiger partial charge in [-0.2, -0.15) is 0 Å². The summed E-state index contributed by atoms with van der Waals surface area (Å²) in [4.78, 5) is 13.3. The van der Waals surface area contributed by atoms with Gasteiger partial charge in [-0.05, 0) is 44.8 Å². The van der Waals surface area contributed by atoms with Crippen molar-refractivity contribution in [1.29, 1.82) is 0 Å². The fourth-order valence-corrected chi connectivity index (χ4v) is 4.30. The summed E-state index contributed by atoms with van der Waals surface area (Å²) in [5.41, 5.74) is 4.20. The molecule has 31 heavy (non-hydrogen) atoms. The fraction of sp³-hybridized carbons (Fsp3) is 0.455. The van der Waals surface area contributed by atoms with E-state index in [1.807, 2.05) is 52.0 Å². The van der Waals surface area contributed by atoms with Crippen molar-refractivity contribution in [2.75, 3.05) is 19.8 Å². The minimum absolute atomic E-state index is 0. The SMILES string of the molecule is Cc1ccc2[n-]c(S(=O)Cc3nccc(OCC4COC(C)(C)OC4)c3C)nc2c1.[Na+]. The molecule has 1 atom stereocenters. The van der Waals surface area contributed by atoms with Crippen LogP contribution in [0.1, 0.15) is 30.7 Å². The van der Waals surface area contributed by atoms with Crippen molar-refractivity contribution < 1.29 is 48.0 Å². The normalized spacial score (nSPS) is 17.3. The van der Waals surface area contributed by atoms with Crippen LogP contribution in [0.25, 0.3) is 11.0 Å². The van der Waals surface area contributed by atoms with Gasteiger partial charge in [0, 0.05) is 22.8 Å². The van der Waals surface area contributed by atoms with Crippen LogP contribution in [-0.2, 0) is 26.0 Å². The Labute approximate surface area is 207 Å². The number of aryl methyl sites for hydroxylation is 1. The third-order valence-corrected chi connectivity index (χ3v) is 6.23. The van der Waals surface area contributed by atoms with Crippen LogP contribution in [0.5, 0.6) is 5.75 Å². The van der Waals surface area contributed by atoms with Gasteiger partial charge in [-0.1, -0.05) is 23.8 Å². The van der Waals surface area contributed by atoms with E-state index in [-0.39, 0.29) is 41.2 Å². The zero-order valence-corrected chi connectivity index (χ0v) is 21.5. The van der Waals surface area contributed by atoms with E-state index in [0.29, 0.717) is 30.7 Å². The van der Waals surface area contributed by atoms with Gasteiger partial charge < -0.3 is 24.2 Å². The fourth-order valence-electron chi connectivity index (χ4n) is 3.23. The van der Waals surface area contributed by atoms with Crippen molar-refractivity contribution in [1.82, 2.24) is 15.0 Å². The minimum atomic E-state index is -1.39. The van der Waals surface area contributed by atoms with E-state index < -0.39 is 16.6 Å². The van der Waals surface area contributed by atoms with Crippen molar-refractivity contribution in [2.24, 2.45) is 5.92 Å². The molecular formula is C22H26N3NaO4S. The Balaban J connectivity index is 0.00000272. The molecule has 1 unspecified atom stereocenters. The van der Waals surface area contributed by atoms with E-state index in [0.717, 1.165) is 27.9 Å². The number of ether oxygens (including phenoxy) is 3. The molecule has 3 heterocycles. The summed E-state index contributed by atoms with van der Waals surface area (Å²) >= 11 is 0. The van der Waals surface area contributed by atoms with Crippen LogP contribution in [0.3, 0.4) is 0 Å². The van der Waals surface area contributed by atoms with Gasteiger partial charge in [0.15, 0.2) is 5.79 Å². The predicted molar refractivity (Wildman–Crippen MR) is 114 cm³/mol. The maximum absolute atomic E-state index is 12.9. The molecule has 1 aliphatic rings. The van der Waals surface area contributed by atoms with E-state index in [2.05, 4.69) is 15.0 Å². The molecule has 1 fully saturated rings. The van der Waals surface area contributed by atoms with Crippen molar-refractivity contribution in [2.45, 2.75) is 44.4 Å². The van der Waals surface area contributed by atoms with Gasteiger partial charge in [-0.25, -0.2) is 0 Å². The number of fused-ring (bicyclic) bond motifs is 1. The van der Waals surface area contributed by atoms with E-state index >= 15 is 0 Å². The molecule has 7 nitrogen and oxygen atoms in total. The zero-order chi connectivity index (χ0) is 21.3. The third kappa shape index (κ3) is 5.94. The molecule has 0 spiro atoms. The first-order chi connectivity index (χ1) is 14.3. The topological polar surface area (TPSA) is 84.6 Å². The Kier molecular flexibility index (Phi) is 7.94. The first kappa shape index (κ1) is 24.4. The average molecular weight is 452 g/mol. The first-order valence-electron chi connectivity index (χ1n) is 9.95. The van der Waals surface area contributed by atoms with Gasteiger partial charge in [0.05, 0.1) is 42.1 Å². The maximum Gasteiger partial charge on any atom is 1.00 e. The summed E-state index contributed by atoms with van der Waals surface area (Å²) in [5, 5.41) is 0.335. The summed E-state index contributed by atoms with van der Waals surface area (Å²) in [5.74, 6) is 0.595. The second-order valence-corrected chi connectivity index (χ2v) is 9.41. The quantitative estimate of drug-likeness (QED) is 0.498. The van der Waals surface area contributed by atoms with Gasteiger partial charge in [0.2, 0.25) is 0 Å². The summed E-state index contributed by atoms with van der Waals surface area (Å²) in [6, 6.07) is 7.64. The summed E-state index contributed by atoms with van der Waals surface area (Å²) < 4.78 is 30.2. The van der Waals surface area contributed by atoms with Crippen molar-refractivity contribution in [3.8, 4) is 5.75 Å². The minimum Gasteiger partial charge on any atom is -0.493 e. The van der Waals surface area contributed by atoms with Gasteiger partial charge in [0.1, 0.15) is 5.75 Å². The van der Waals surface area contributed by atoms with Crippen LogP contribution in [0.15, 0.2) is 35.6 Å². The Morgan fingerprint density at radius 3 is 2.71 bits per heavy atom. The molecule has 0 amide bonds. The van der Waals surface area contributed by atoms with Gasteiger partial charge in [-0.3, -0.25) is 9.19 Å². The van der Waals surface area contributed by atoms with Crippen molar-refractivity contribution in [3.63, 3.8) is 0 Å². The number of nitrogens with zero attached hydrogens (tertiary/aromatic N) is 3. The Bertz CT molecular complexity index is 1080. The number of aromatic nitrogens is 3. The number of hydrogen-bond acceptors (Lipinski definition) is 6. The first-order valence-corrected chi connectivity index (χ1v) is 11.3. The number of pyridine rings is 1. The molecule has 0 radical (unpaired) electrons. The molecule has 1 saturated heterocycles. The number of hydrogen-bond donors (Lipinski definition) is 0. The Hall–Kier alpha value is -1.29. The van der Waals surface area contributed by atoms with E-state index in [1.54, 1.807) is 6.20 Å². The molecule has 0 bridgehead atoms. The van der Waals surface area contributed by atoms with Crippen LogP contribution < -0.4 is 39.3 Å². The monoisotopic (exact) mass is 451 g/mol. The van der Waals surface area contributed by atoms with Crippen molar-refractivity contribution >= 4 is 21.8 Å². The molecule has 160 valence electrons. The molecular weight excluding hydrogens is 425 g/mol. The van der Waals surface area contributed by atoms with Crippen LogP contribution in [-0.4, -0.2) is 39.8 Å². The molecule has 1 aliphatic heterocycles. The largest absolute Gasteiger partial charge is 1.00 e. The number of imidazole rings is 1. The second-order valence-electron chi connectivity index (χ2n) is 8.07. The molecule has 0 aliphatic carbocycles. The van der Waals surface area contributed by atoms with Gasteiger partial charge >= 0.3 is 29.6 Å². The van der Waals surface area contributed by atoms with E-state index in [1.165, 1.54) is 0 Å². The zero-order valence-electron chi connectivity index (χ0n) is 18.7. The second kappa shape index (κ2) is 10.1. The average Bonchev–Trinajstić information content (AvgIpc) is 3.13. The molecule has 0 saturated carbocycles. The van der Waals surface area contributed by atoms with Crippen LogP contribution in [0.4, 0.5) is 0 Å². The molecule has 9 heteroatoms. The molecule has 0 N–H and O–H groups in total. The summed E-state index contributed by atoms with van der Waals surface area (Å²) in [7, 11) is -1.39. The van der Waals surface area contributed by atoms with Crippen LogP contribution >= 0.6 is 0 Å². The smallest absolute Gasteiger partial charge is 0.493 e. The van der Waals surface area contributed by atoms with E-state index in [9.17, 15) is 4.21 Å². The van der Waals surface area contributed by atoms with Crippen molar-refractivity contribution in [3.05, 3.63) is 47.3 Å². The van der Waals surface area contributed by atoms with Crippen LogP contribution in [0.2, 0.25) is 0 Å². The molecule has 3 aromatic rings. The van der Waals surface area contributed by atoms with Gasteiger partial charge in [-0.15, -0.1) is 0 Å². The number of benzene rings is 1. The predicted octanol–water partition coefficient (Wildman–Crippen LogP) is 0.294. The standard InChI is InChI=1S/C22H26N3O4S.Na/c1-14-5-6-17-18(9-14)25-21(24-17)30(26)13-19-15(2)20(7-8-23-19)27-10-16-11-28-22(3,4)29-12-16;/h5-9,16H,10-13H2,1-4H3;/q-1;+1. The Morgan fingerprint density at radius 2 is 1.97 bits per heavy atom. The maximum atomic E-state index is 12.9. The Morgan fingerprint density at radius 1 is 1.23 bits per heavy atom. The molecule has 1 aromatic carbocycles. The molecule has 4 rings (SSSR count). The summed E-state index contributed by atoms with van der Waals surface area (Å²) in [6.45, 7) is 9.41. The van der Waals surface area contributed by atoms with E-state index in [4.69, 9.17) is 14.2 Å². The van der Waals surface area contributed by atoms with Crippen LogP contribution in [0, 0.1) is 19.8 Å². The molecule has 2 aromatic heterocycles.